The smallest absolute Gasteiger partial charge is 0.302 e. The van der Waals surface area contributed by atoms with Crippen LogP contribution in [0.3, 0.4) is 0 Å². The standard InChI is InChI=1S/C10H19.C9H14O.C7H12O2/c1-2-3-7-10-8-5-4-6-9-10;1-7-3-4-9(6-10)8(2)5-7;1-6(8)9-7-4-2-3-5-7/h8,10H,2-7,9H2,1H3;5-6,8-9H,3-4H2,1-2H3;7H,2-5H2,1H3. The average molecular weight is 406 g/mol. The summed E-state index contributed by atoms with van der Waals surface area (Å²) in [6.45, 7) is 8.00. The van der Waals surface area contributed by atoms with Gasteiger partial charge in [-0.15, -0.1) is 0 Å². The maximum Gasteiger partial charge on any atom is 0.302 e. The summed E-state index contributed by atoms with van der Waals surface area (Å²) in [5.74, 6) is 1.59. The zero-order chi connectivity index (χ0) is 21.5. The number of unbranched alkanes of at least 4 members (excludes halogenated alkanes) is 1. The molecule has 167 valence electrons. The number of allylic oxidation sites excluding steroid dienone is 2. The van der Waals surface area contributed by atoms with Crippen LogP contribution in [0.25, 0.3) is 0 Å². The molecule has 3 aliphatic carbocycles. The molecule has 29 heavy (non-hydrogen) atoms. The lowest BCUT2D eigenvalue weighted by molar-refractivity contribution is -0.145. The van der Waals surface area contributed by atoms with Gasteiger partial charge in [-0.2, -0.15) is 0 Å². The summed E-state index contributed by atoms with van der Waals surface area (Å²) in [6, 6.07) is 0. The average Bonchev–Trinajstić information content (AvgIpc) is 3.21. The van der Waals surface area contributed by atoms with Crippen LogP contribution in [-0.2, 0) is 14.3 Å². The van der Waals surface area contributed by atoms with Crippen LogP contribution in [0.1, 0.15) is 111 Å². The monoisotopic (exact) mass is 405 g/mol. The first-order chi connectivity index (χ1) is 14.0. The highest BCUT2D eigenvalue weighted by molar-refractivity contribution is 5.66. The van der Waals surface area contributed by atoms with Crippen molar-refractivity contribution in [3.05, 3.63) is 18.1 Å². The van der Waals surface area contributed by atoms with Gasteiger partial charge in [0.2, 0.25) is 0 Å². The Morgan fingerprint density at radius 1 is 1.14 bits per heavy atom. The van der Waals surface area contributed by atoms with E-state index in [1.54, 1.807) is 0 Å². The van der Waals surface area contributed by atoms with E-state index in [0.717, 1.165) is 37.9 Å². The van der Waals surface area contributed by atoms with Crippen molar-refractivity contribution in [1.82, 2.24) is 0 Å². The molecule has 3 unspecified atom stereocenters. The normalized spacial score (nSPS) is 25.0. The van der Waals surface area contributed by atoms with Gasteiger partial charge in [0, 0.05) is 12.8 Å². The van der Waals surface area contributed by atoms with Gasteiger partial charge in [-0.25, -0.2) is 0 Å². The summed E-state index contributed by atoms with van der Waals surface area (Å²) < 4.78 is 4.97. The molecule has 0 spiro atoms. The number of ether oxygens (including phenoxy) is 1. The minimum atomic E-state index is -0.137. The molecule has 0 heterocycles. The van der Waals surface area contributed by atoms with Gasteiger partial charge in [-0.05, 0) is 70.1 Å². The Morgan fingerprint density at radius 3 is 2.34 bits per heavy atom. The maximum atomic E-state index is 10.4. The second kappa shape index (κ2) is 15.7. The van der Waals surface area contributed by atoms with Crippen molar-refractivity contribution in [3.8, 4) is 0 Å². The summed E-state index contributed by atoms with van der Waals surface area (Å²) >= 11 is 0. The molecule has 0 aromatic carbocycles. The number of carbonyl (C=O) groups is 2. The first-order valence-electron chi connectivity index (χ1n) is 12.1. The minimum absolute atomic E-state index is 0.137. The van der Waals surface area contributed by atoms with Gasteiger partial charge in [-0.1, -0.05) is 64.0 Å². The van der Waals surface area contributed by atoms with Crippen molar-refractivity contribution in [1.29, 1.82) is 0 Å². The SMILES string of the molecule is CC(=O)OC1CCCC1.CC1=CC(C)C(C=O)CC1.CCCCC1[CH]CCCC1. The van der Waals surface area contributed by atoms with Crippen LogP contribution in [0.2, 0.25) is 0 Å². The number of esters is 1. The van der Waals surface area contributed by atoms with Gasteiger partial charge in [-0.3, -0.25) is 4.79 Å². The Kier molecular flexibility index (Phi) is 14.0. The summed E-state index contributed by atoms with van der Waals surface area (Å²) in [5.41, 5.74) is 1.44. The Labute approximate surface area is 180 Å². The summed E-state index contributed by atoms with van der Waals surface area (Å²) in [5, 5.41) is 0. The van der Waals surface area contributed by atoms with E-state index >= 15 is 0 Å². The van der Waals surface area contributed by atoms with E-state index in [1.165, 1.54) is 70.3 Å². The lowest BCUT2D eigenvalue weighted by Gasteiger charge is -2.21. The molecule has 0 saturated heterocycles. The van der Waals surface area contributed by atoms with Gasteiger partial charge in [0.15, 0.2) is 0 Å². The molecule has 3 aliphatic rings. The maximum absolute atomic E-state index is 10.4. The molecule has 0 aromatic heterocycles. The van der Waals surface area contributed by atoms with Crippen LogP contribution in [0.15, 0.2) is 11.6 Å². The van der Waals surface area contributed by atoms with Crippen molar-refractivity contribution < 1.29 is 14.3 Å². The molecule has 0 aromatic rings. The van der Waals surface area contributed by atoms with Crippen molar-refractivity contribution in [2.24, 2.45) is 17.8 Å². The van der Waals surface area contributed by atoms with E-state index in [0.29, 0.717) is 5.92 Å². The molecule has 3 atom stereocenters. The summed E-state index contributed by atoms with van der Waals surface area (Å²) in [6.07, 6.45) is 22.8. The molecule has 3 nitrogen and oxygen atoms in total. The molecule has 2 fully saturated rings. The van der Waals surface area contributed by atoms with Crippen LogP contribution in [-0.4, -0.2) is 18.4 Å². The number of hydrogen-bond donors (Lipinski definition) is 0. The number of aldehydes is 1. The molecule has 0 aliphatic heterocycles. The van der Waals surface area contributed by atoms with Crippen molar-refractivity contribution >= 4 is 12.3 Å². The highest BCUT2D eigenvalue weighted by atomic mass is 16.5. The van der Waals surface area contributed by atoms with Crippen LogP contribution in [0.5, 0.6) is 0 Å². The number of carbonyl (C=O) groups excluding carboxylic acids is 2. The zero-order valence-electron chi connectivity index (χ0n) is 19.5. The number of hydrogen-bond acceptors (Lipinski definition) is 3. The van der Waals surface area contributed by atoms with E-state index in [4.69, 9.17) is 4.74 Å². The van der Waals surface area contributed by atoms with Crippen molar-refractivity contribution in [2.45, 2.75) is 117 Å². The molecular weight excluding hydrogens is 360 g/mol. The second-order valence-corrected chi connectivity index (χ2v) is 9.15. The van der Waals surface area contributed by atoms with Crippen LogP contribution < -0.4 is 0 Å². The van der Waals surface area contributed by atoms with Crippen LogP contribution >= 0.6 is 0 Å². The second-order valence-electron chi connectivity index (χ2n) is 9.15. The molecule has 1 radical (unpaired) electrons. The Balaban J connectivity index is 0.000000218. The van der Waals surface area contributed by atoms with Gasteiger partial charge in [0.1, 0.15) is 12.4 Å². The van der Waals surface area contributed by atoms with Crippen LogP contribution in [0, 0.1) is 24.2 Å². The van der Waals surface area contributed by atoms with E-state index in [2.05, 4.69) is 33.3 Å². The minimum Gasteiger partial charge on any atom is -0.463 e. The largest absolute Gasteiger partial charge is 0.463 e. The quantitative estimate of drug-likeness (QED) is 0.275. The fourth-order valence-corrected chi connectivity index (χ4v) is 4.50. The third-order valence-electron chi connectivity index (χ3n) is 6.36. The van der Waals surface area contributed by atoms with E-state index in [9.17, 15) is 9.59 Å². The lowest BCUT2D eigenvalue weighted by atomic mass is 9.83. The van der Waals surface area contributed by atoms with E-state index < -0.39 is 0 Å². The molecule has 3 rings (SSSR count). The third kappa shape index (κ3) is 12.2. The topological polar surface area (TPSA) is 43.4 Å². The Morgan fingerprint density at radius 2 is 1.83 bits per heavy atom. The van der Waals surface area contributed by atoms with Gasteiger partial charge in [0.25, 0.3) is 0 Å². The fourth-order valence-electron chi connectivity index (χ4n) is 4.50. The van der Waals surface area contributed by atoms with Gasteiger partial charge >= 0.3 is 5.97 Å². The Hall–Kier alpha value is -1.12. The van der Waals surface area contributed by atoms with Gasteiger partial charge in [0.05, 0.1) is 0 Å². The highest BCUT2D eigenvalue weighted by Crippen LogP contribution is 2.27. The predicted molar refractivity (Wildman–Crippen MR) is 122 cm³/mol. The summed E-state index contributed by atoms with van der Waals surface area (Å²) in [7, 11) is 0. The van der Waals surface area contributed by atoms with Crippen molar-refractivity contribution in [2.75, 3.05) is 0 Å². The van der Waals surface area contributed by atoms with E-state index in [1.807, 2.05) is 0 Å². The highest BCUT2D eigenvalue weighted by Gasteiger charge is 2.18. The van der Waals surface area contributed by atoms with E-state index in [-0.39, 0.29) is 18.0 Å². The van der Waals surface area contributed by atoms with Crippen molar-refractivity contribution in [3.63, 3.8) is 0 Å². The zero-order valence-corrected chi connectivity index (χ0v) is 19.5. The predicted octanol–water partition coefficient (Wildman–Crippen LogP) is 7.24. The molecule has 0 N–H and O–H groups in total. The molecule has 2 saturated carbocycles. The van der Waals surface area contributed by atoms with Gasteiger partial charge < -0.3 is 9.53 Å². The fraction of sp³-hybridized carbons (Fsp3) is 0.808. The molecule has 3 heteroatoms. The number of rotatable bonds is 5. The Bertz CT molecular complexity index is 470. The first kappa shape index (κ1) is 25.9. The third-order valence-corrected chi connectivity index (χ3v) is 6.36. The first-order valence-corrected chi connectivity index (χ1v) is 12.1. The lowest BCUT2D eigenvalue weighted by Crippen LogP contribution is -2.15. The summed E-state index contributed by atoms with van der Waals surface area (Å²) in [4.78, 5) is 20.8. The molecule has 0 amide bonds. The molecular formula is C26H45O3. The molecule has 0 bridgehead atoms. The van der Waals surface area contributed by atoms with Crippen LogP contribution in [0.4, 0.5) is 0 Å².